The van der Waals surface area contributed by atoms with Gasteiger partial charge < -0.3 is 22.0 Å². The number of carbonyl (C=O) groups is 1. The maximum atomic E-state index is 10.6. The van der Waals surface area contributed by atoms with Gasteiger partial charge in [-0.2, -0.15) is 0 Å². The zero-order valence-corrected chi connectivity index (χ0v) is 21.1. The number of ether oxygens (including phenoxy) is 2. The van der Waals surface area contributed by atoms with Crippen LogP contribution in [0.15, 0.2) is 72.8 Å². The van der Waals surface area contributed by atoms with E-state index in [2.05, 4.69) is 12.1 Å². The van der Waals surface area contributed by atoms with Crippen LogP contribution in [0.1, 0.15) is 78.9 Å². The molecule has 1 aliphatic rings. The van der Waals surface area contributed by atoms with Crippen LogP contribution in [-0.2, 0) is 47.0 Å². The molecule has 0 bridgehead atoms. The van der Waals surface area contributed by atoms with E-state index in [1.165, 1.54) is 0 Å². The van der Waals surface area contributed by atoms with Gasteiger partial charge in [-0.1, -0.05) is 109 Å². The Bertz CT molecular complexity index is 719. The third-order valence-electron chi connectivity index (χ3n) is 4.49. The first kappa shape index (κ1) is 38.9. The van der Waals surface area contributed by atoms with Crippen molar-refractivity contribution in [2.45, 2.75) is 67.8 Å². The number of carboxylic acids is 1. The average Bonchev–Trinajstić information content (AvgIpc) is 2.76. The van der Waals surface area contributed by atoms with Crippen molar-refractivity contribution in [1.29, 1.82) is 0 Å². The van der Waals surface area contributed by atoms with Crippen molar-refractivity contribution in [3.63, 3.8) is 0 Å². The number of carboxylic acid groups (broad SMARTS) is 1. The first-order valence-corrected chi connectivity index (χ1v) is 9.98. The molecular weight excluding hydrogens is 489 g/mol. The number of hydrogen-bond acceptors (Lipinski definition) is 3. The second-order valence-electron chi connectivity index (χ2n) is 6.44. The molecule has 2 aromatic rings. The normalized spacial score (nSPS) is 18.4. The largest absolute Gasteiger partial charge is 0.481 e. The summed E-state index contributed by atoms with van der Waals surface area (Å²) in [5.41, 5.74) is 2.16. The summed E-state index contributed by atoms with van der Waals surface area (Å²) in [7, 11) is 0. The Morgan fingerprint density at radius 2 is 1.45 bits per heavy atom. The molecule has 1 heterocycles. The Balaban J connectivity index is -0.000000585. The van der Waals surface area contributed by atoms with Crippen LogP contribution in [0.4, 0.5) is 0 Å². The van der Waals surface area contributed by atoms with Gasteiger partial charge in [-0.25, -0.2) is 0 Å². The summed E-state index contributed by atoms with van der Waals surface area (Å²) in [6, 6.07) is 20.2. The second-order valence-corrected chi connectivity index (χ2v) is 6.44. The molecule has 185 valence electrons. The van der Waals surface area contributed by atoms with Gasteiger partial charge in [0.2, 0.25) is 0 Å². The fraction of sp³-hybridized carbons (Fsp3) is 0.429. The van der Waals surface area contributed by atoms with Crippen LogP contribution < -0.4 is 0 Å². The quantitative estimate of drug-likeness (QED) is 0.287. The van der Waals surface area contributed by atoms with Gasteiger partial charge in [-0.15, -0.1) is 0 Å². The van der Waals surface area contributed by atoms with Crippen LogP contribution in [0.25, 0.3) is 0 Å². The zero-order valence-electron chi connectivity index (χ0n) is 18.2. The maximum Gasteiger partial charge on any atom is 0.303 e. The monoisotopic (exact) mass is 534 g/mol. The first-order chi connectivity index (χ1) is 13.7. The van der Waals surface area contributed by atoms with Gasteiger partial charge >= 0.3 is 5.97 Å². The summed E-state index contributed by atoms with van der Waals surface area (Å²) in [5, 5.41) is 8.72. The van der Waals surface area contributed by atoms with E-state index >= 15 is 0 Å². The average molecular weight is 535 g/mol. The Kier molecular flexibility index (Phi) is 26.5. The van der Waals surface area contributed by atoms with Crippen LogP contribution >= 0.6 is 0 Å². The molecule has 0 aliphatic carbocycles. The zero-order chi connectivity index (χ0) is 20.2. The number of benzene rings is 2. The van der Waals surface area contributed by atoms with Crippen molar-refractivity contribution in [3.05, 3.63) is 91.4 Å². The van der Waals surface area contributed by atoms with Gasteiger partial charge in [-0.05, 0) is 18.4 Å². The molecule has 1 radical (unpaired) electrons. The van der Waals surface area contributed by atoms with Crippen LogP contribution in [0.2, 0.25) is 0 Å². The molecule has 0 amide bonds. The molecule has 1 N–H and O–H groups in total. The van der Waals surface area contributed by atoms with Gasteiger partial charge in [0.05, 0.1) is 12.7 Å². The molecule has 33 heavy (non-hydrogen) atoms. The van der Waals surface area contributed by atoms with E-state index < -0.39 is 5.97 Å². The van der Waals surface area contributed by atoms with Crippen molar-refractivity contribution in [2.75, 3.05) is 6.61 Å². The van der Waals surface area contributed by atoms with Gasteiger partial charge in [0.25, 0.3) is 0 Å². The Morgan fingerprint density at radius 3 is 1.97 bits per heavy atom. The second kappa shape index (κ2) is 22.5. The Morgan fingerprint density at radius 1 is 0.939 bits per heavy atom. The van der Waals surface area contributed by atoms with Crippen molar-refractivity contribution < 1.29 is 52.1 Å². The summed E-state index contributed by atoms with van der Waals surface area (Å²) < 4.78 is 12.3. The number of rotatable bonds is 7. The molecule has 1 aliphatic heterocycles. The first-order valence-electron chi connectivity index (χ1n) is 9.98. The summed E-state index contributed by atoms with van der Waals surface area (Å²) in [5.74, 6) is -0.578. The molecule has 0 saturated carbocycles. The van der Waals surface area contributed by atoms with E-state index in [-0.39, 0.29) is 87.1 Å². The van der Waals surface area contributed by atoms with E-state index in [1.54, 1.807) is 0 Å². The Labute approximate surface area is 228 Å². The molecule has 2 aromatic carbocycles. The third kappa shape index (κ3) is 13.2. The predicted molar refractivity (Wildman–Crippen MR) is 137 cm³/mol. The maximum absolute atomic E-state index is 10.6. The van der Waals surface area contributed by atoms with Crippen molar-refractivity contribution >= 4 is 5.97 Å². The molecule has 5 heteroatoms. The minimum atomic E-state index is -0.771. The topological polar surface area (TPSA) is 55.8 Å². The van der Waals surface area contributed by atoms with Crippen molar-refractivity contribution in [2.24, 2.45) is 5.92 Å². The van der Waals surface area contributed by atoms with E-state index in [0.29, 0.717) is 13.0 Å². The molecule has 3 rings (SSSR count). The van der Waals surface area contributed by atoms with Gasteiger partial charge in [0.15, 0.2) is 6.29 Å². The van der Waals surface area contributed by atoms with Gasteiger partial charge in [0.1, 0.15) is 0 Å². The fourth-order valence-corrected chi connectivity index (χ4v) is 3.15. The molecule has 1 fully saturated rings. The summed E-state index contributed by atoms with van der Waals surface area (Å²) >= 11 is 0. The van der Waals surface area contributed by atoms with Crippen LogP contribution in [0.5, 0.6) is 0 Å². The number of allylic oxidation sites excluding steroid dienone is 2. The molecule has 1 saturated heterocycles. The number of hydrogen-bond donors (Lipinski definition) is 1. The molecule has 0 unspecified atom stereocenters. The SMILES string of the molecule is C.C.C.CC.O=C(O)CC/C=C\C[C@@H]1CO[C@H](c2ccccc2)O[C@@H]1c1ccccc1.[CH3-].[Y]. The van der Waals surface area contributed by atoms with Crippen LogP contribution in [0.3, 0.4) is 0 Å². The fourth-order valence-electron chi connectivity index (χ4n) is 3.15. The molecule has 4 nitrogen and oxygen atoms in total. The summed E-state index contributed by atoms with van der Waals surface area (Å²) in [6.07, 6.45) is 5.05. The minimum Gasteiger partial charge on any atom is -0.481 e. The van der Waals surface area contributed by atoms with Crippen molar-refractivity contribution in [1.82, 2.24) is 0 Å². The van der Waals surface area contributed by atoms with Crippen molar-refractivity contribution in [3.8, 4) is 0 Å². The van der Waals surface area contributed by atoms with E-state index in [1.807, 2.05) is 74.5 Å². The number of aliphatic carboxylic acids is 1. The van der Waals surface area contributed by atoms with E-state index in [4.69, 9.17) is 14.6 Å². The van der Waals surface area contributed by atoms with Gasteiger partial charge in [-0.3, -0.25) is 4.79 Å². The predicted octanol–water partition coefficient (Wildman–Crippen LogP) is 8.28. The molecule has 3 atom stereocenters. The molecule has 0 aromatic heterocycles. The summed E-state index contributed by atoms with van der Waals surface area (Å²) in [4.78, 5) is 10.6. The van der Waals surface area contributed by atoms with Gasteiger partial charge in [0, 0.05) is 50.6 Å². The standard InChI is InChI=1S/C22H24O4.C2H6.3CH4.CH3.Y/c23-20(24)15-9-3-8-14-19-16-25-22(18-12-6-2-7-13-18)26-21(19)17-10-4-1-5-11-17;1-2;;;;;/h1-8,10-13,19,21-22H,9,14-16H2,(H,23,24);1-2H3;3*1H4;1H3;/q;;;;;-1;/b8-3-;;;;;;/t19-,21-,22+;;;;;;/m1....../s1. The van der Waals surface area contributed by atoms with E-state index in [9.17, 15) is 4.79 Å². The van der Waals surface area contributed by atoms with Crippen LogP contribution in [0, 0.1) is 13.3 Å². The van der Waals surface area contributed by atoms with Crippen LogP contribution in [-0.4, -0.2) is 17.7 Å². The smallest absolute Gasteiger partial charge is 0.303 e. The Hall–Kier alpha value is -1.33. The molecular formula is C28H45O4Y-. The summed E-state index contributed by atoms with van der Waals surface area (Å²) in [6.45, 7) is 4.60. The van der Waals surface area contributed by atoms with E-state index in [0.717, 1.165) is 17.5 Å². The third-order valence-corrected chi connectivity index (χ3v) is 4.49. The minimum absolute atomic E-state index is 0. The molecule has 0 spiro atoms.